The van der Waals surface area contributed by atoms with Crippen molar-refractivity contribution in [2.45, 2.75) is 45.8 Å². The SMILES string of the molecule is CC(=O)OCc1c(-c2cc(Nc3ccc(N4CCN(C)CC4)nn3)c(=O)n(C)c2)cc(F)cc1N1CCn2c(cc3c2CCCC3)C1=O. The van der Waals surface area contributed by atoms with E-state index in [1.165, 1.54) is 34.9 Å². The fourth-order valence-electron chi connectivity index (χ4n) is 7.00. The Morgan fingerprint density at radius 2 is 1.75 bits per heavy atom. The van der Waals surface area contributed by atoms with Crippen molar-refractivity contribution in [3.63, 3.8) is 0 Å². The lowest BCUT2D eigenvalue weighted by atomic mass is 9.97. The van der Waals surface area contributed by atoms with Crippen molar-refractivity contribution in [2.24, 2.45) is 7.05 Å². The predicted octanol–water partition coefficient (Wildman–Crippen LogP) is 3.88. The Balaban J connectivity index is 1.24. The van der Waals surface area contributed by atoms with Crippen molar-refractivity contribution >= 4 is 34.9 Å². The van der Waals surface area contributed by atoms with Gasteiger partial charge in [0.25, 0.3) is 11.5 Å². The summed E-state index contributed by atoms with van der Waals surface area (Å²) in [4.78, 5) is 45.3. The van der Waals surface area contributed by atoms with Crippen LogP contribution in [0.25, 0.3) is 11.1 Å². The highest BCUT2D eigenvalue weighted by Gasteiger charge is 2.32. The van der Waals surface area contributed by atoms with Gasteiger partial charge in [-0.15, -0.1) is 10.2 Å². The largest absolute Gasteiger partial charge is 0.461 e. The summed E-state index contributed by atoms with van der Waals surface area (Å²) in [6.45, 7) is 5.61. The normalized spacial score (nSPS) is 16.5. The maximum Gasteiger partial charge on any atom is 0.302 e. The number of nitrogens with one attached hydrogen (secondary N) is 1. The summed E-state index contributed by atoms with van der Waals surface area (Å²) >= 11 is 0. The van der Waals surface area contributed by atoms with E-state index < -0.39 is 11.8 Å². The maximum absolute atomic E-state index is 15.5. The van der Waals surface area contributed by atoms with Crippen molar-refractivity contribution in [1.82, 2.24) is 24.2 Å². The second-order valence-corrected chi connectivity index (χ2v) is 12.8. The molecule has 1 aliphatic carbocycles. The Morgan fingerprint density at radius 1 is 0.958 bits per heavy atom. The second-order valence-electron chi connectivity index (χ2n) is 12.8. The third-order valence-corrected chi connectivity index (χ3v) is 9.56. The summed E-state index contributed by atoms with van der Waals surface area (Å²) in [7, 11) is 3.70. The fourth-order valence-corrected chi connectivity index (χ4v) is 7.00. The summed E-state index contributed by atoms with van der Waals surface area (Å²) in [5, 5.41) is 11.8. The van der Waals surface area contributed by atoms with Crippen molar-refractivity contribution in [1.29, 1.82) is 0 Å². The predicted molar refractivity (Wildman–Crippen MR) is 180 cm³/mol. The van der Waals surface area contributed by atoms with Crippen LogP contribution in [0.4, 0.5) is 27.4 Å². The smallest absolute Gasteiger partial charge is 0.302 e. The van der Waals surface area contributed by atoms with E-state index in [-0.39, 0.29) is 23.8 Å². The van der Waals surface area contributed by atoms with Crippen LogP contribution in [0.2, 0.25) is 0 Å². The number of esters is 1. The molecule has 250 valence electrons. The third kappa shape index (κ3) is 6.05. The minimum Gasteiger partial charge on any atom is -0.461 e. The van der Waals surface area contributed by atoms with Crippen molar-refractivity contribution < 1.29 is 18.7 Å². The van der Waals surface area contributed by atoms with Crippen molar-refractivity contribution in [2.75, 3.05) is 54.9 Å². The van der Waals surface area contributed by atoms with Gasteiger partial charge >= 0.3 is 5.97 Å². The molecule has 0 saturated carbocycles. The molecule has 1 saturated heterocycles. The first kappa shape index (κ1) is 31.6. The van der Waals surface area contributed by atoms with Crippen LogP contribution in [0.5, 0.6) is 0 Å². The molecule has 12 nitrogen and oxygen atoms in total. The molecule has 1 fully saturated rings. The zero-order valence-electron chi connectivity index (χ0n) is 27.5. The number of carbonyl (C=O) groups excluding carboxylic acids is 2. The number of amides is 1. The molecule has 0 unspecified atom stereocenters. The number of anilines is 4. The van der Waals surface area contributed by atoms with E-state index in [0.717, 1.165) is 57.7 Å². The molecule has 1 N–H and O–H groups in total. The topological polar surface area (TPSA) is 118 Å². The average molecular weight is 655 g/mol. The van der Waals surface area contributed by atoms with E-state index >= 15 is 4.39 Å². The van der Waals surface area contributed by atoms with Crippen LogP contribution in [0, 0.1) is 5.82 Å². The van der Waals surface area contributed by atoms with Crippen LogP contribution in [0.15, 0.2) is 47.4 Å². The Bertz CT molecular complexity index is 1950. The highest BCUT2D eigenvalue weighted by molar-refractivity contribution is 6.07. The van der Waals surface area contributed by atoms with E-state index in [1.54, 1.807) is 30.3 Å². The minimum absolute atomic E-state index is 0.188. The van der Waals surface area contributed by atoms with Crippen LogP contribution in [0.1, 0.15) is 47.1 Å². The van der Waals surface area contributed by atoms with Gasteiger partial charge < -0.3 is 33.9 Å². The maximum atomic E-state index is 15.5. The van der Waals surface area contributed by atoms with E-state index in [1.807, 2.05) is 12.1 Å². The molecule has 1 aromatic carbocycles. The lowest BCUT2D eigenvalue weighted by molar-refractivity contribution is -0.142. The Hall–Kier alpha value is -5.04. The number of fused-ring (bicyclic) bond motifs is 3. The van der Waals surface area contributed by atoms with E-state index in [2.05, 4.69) is 36.9 Å². The van der Waals surface area contributed by atoms with Gasteiger partial charge in [0, 0.05) is 76.3 Å². The number of piperazine rings is 1. The first-order valence-electron chi connectivity index (χ1n) is 16.4. The van der Waals surface area contributed by atoms with E-state index in [9.17, 15) is 14.4 Å². The number of halogens is 1. The standard InChI is InChI=1S/C35H39FN8O4/c1-22(45)48-21-27-26(18-25(36)19-30(27)44-15-14-43-29-7-5-4-6-23(29)17-31(43)35(44)47)24-16-28(34(46)41(3)20-24)37-32-8-9-33(39-38-32)42-12-10-40(2)11-13-42/h8-9,16-20H,4-7,10-15,21H2,1-3H3,(H,37,38). The van der Waals surface area contributed by atoms with Gasteiger partial charge in [-0.1, -0.05) is 0 Å². The fraction of sp³-hybridized carbons (Fsp3) is 0.400. The molecule has 1 amide bonds. The molecule has 4 aromatic rings. The molecular formula is C35H39FN8O4. The number of hydrogen-bond acceptors (Lipinski definition) is 9. The molecule has 3 aromatic heterocycles. The van der Waals surface area contributed by atoms with Crippen LogP contribution in [-0.4, -0.2) is 75.9 Å². The number of nitrogens with zero attached hydrogens (tertiary/aromatic N) is 7. The first-order valence-corrected chi connectivity index (χ1v) is 16.4. The molecule has 48 heavy (non-hydrogen) atoms. The van der Waals surface area contributed by atoms with Crippen LogP contribution in [-0.2, 0) is 42.6 Å². The van der Waals surface area contributed by atoms with Gasteiger partial charge in [-0.3, -0.25) is 14.4 Å². The molecule has 0 bridgehead atoms. The van der Waals surface area contributed by atoms with Crippen molar-refractivity contribution in [3.8, 4) is 11.1 Å². The highest BCUT2D eigenvalue weighted by Crippen LogP contribution is 2.37. The number of aryl methyl sites for hydroxylation is 2. The monoisotopic (exact) mass is 654 g/mol. The lowest BCUT2D eigenvalue weighted by Crippen LogP contribution is -2.44. The van der Waals surface area contributed by atoms with Crippen LogP contribution >= 0.6 is 0 Å². The van der Waals surface area contributed by atoms with Gasteiger partial charge in [0.05, 0.1) is 5.69 Å². The molecule has 7 rings (SSSR count). The number of ether oxygens (including phenoxy) is 1. The Labute approximate surface area is 277 Å². The van der Waals surface area contributed by atoms with Gasteiger partial charge in [0.15, 0.2) is 11.6 Å². The number of benzene rings is 1. The summed E-state index contributed by atoms with van der Waals surface area (Å²) in [6, 6.07) is 9.89. The van der Waals surface area contributed by atoms with Crippen LogP contribution in [0.3, 0.4) is 0 Å². The number of likely N-dealkylation sites (N-methyl/N-ethyl adjacent to an activating group) is 1. The summed E-state index contributed by atoms with van der Waals surface area (Å²) in [5.74, 6) is -0.153. The summed E-state index contributed by atoms with van der Waals surface area (Å²) in [5.41, 5.74) is 4.58. The van der Waals surface area contributed by atoms with E-state index in [0.29, 0.717) is 47.0 Å². The molecule has 13 heteroatoms. The first-order chi connectivity index (χ1) is 23.2. The minimum atomic E-state index is -0.562. The molecule has 0 spiro atoms. The summed E-state index contributed by atoms with van der Waals surface area (Å²) in [6.07, 6.45) is 5.68. The zero-order chi connectivity index (χ0) is 33.5. The Morgan fingerprint density at radius 3 is 2.50 bits per heavy atom. The average Bonchev–Trinajstić information content (AvgIpc) is 3.46. The number of hydrogen-bond donors (Lipinski definition) is 1. The zero-order valence-corrected chi connectivity index (χ0v) is 27.5. The number of carbonyl (C=O) groups is 2. The van der Waals surface area contributed by atoms with E-state index in [4.69, 9.17) is 4.74 Å². The molecular weight excluding hydrogens is 615 g/mol. The number of rotatable bonds is 7. The molecule has 3 aliphatic rings. The molecule has 0 radical (unpaired) electrons. The second kappa shape index (κ2) is 12.9. The molecule has 5 heterocycles. The number of aromatic nitrogens is 4. The van der Waals surface area contributed by atoms with Gasteiger partial charge in [-0.05, 0) is 80.3 Å². The van der Waals surface area contributed by atoms with Gasteiger partial charge in [0.2, 0.25) is 0 Å². The Kier molecular flexibility index (Phi) is 8.46. The summed E-state index contributed by atoms with van der Waals surface area (Å²) < 4.78 is 24.5. The van der Waals surface area contributed by atoms with Crippen molar-refractivity contribution in [3.05, 3.63) is 81.3 Å². The highest BCUT2D eigenvalue weighted by atomic mass is 19.1. The molecule has 0 atom stereocenters. The quantitative estimate of drug-likeness (QED) is 0.297. The lowest BCUT2D eigenvalue weighted by Gasteiger charge is -2.32. The van der Waals surface area contributed by atoms with Gasteiger partial charge in [-0.2, -0.15) is 0 Å². The molecule has 2 aliphatic heterocycles. The third-order valence-electron chi connectivity index (χ3n) is 9.56. The van der Waals surface area contributed by atoms with Crippen LogP contribution < -0.4 is 20.7 Å². The van der Waals surface area contributed by atoms with Gasteiger partial charge in [0.1, 0.15) is 23.8 Å². The number of pyridine rings is 1. The van der Waals surface area contributed by atoms with Gasteiger partial charge in [-0.25, -0.2) is 4.39 Å².